The molecule has 0 bridgehead atoms. The number of hydrogen-bond acceptors (Lipinski definition) is 4. The highest BCUT2D eigenvalue weighted by Crippen LogP contribution is 2.33. The summed E-state index contributed by atoms with van der Waals surface area (Å²) < 4.78 is 0. The van der Waals surface area contributed by atoms with Crippen molar-refractivity contribution in [3.8, 4) is 0 Å². The molecule has 0 saturated carbocycles. The van der Waals surface area contributed by atoms with Gasteiger partial charge in [-0.3, -0.25) is 0 Å². The van der Waals surface area contributed by atoms with E-state index in [1.54, 1.807) is 0 Å². The molecule has 1 aromatic heterocycles. The van der Waals surface area contributed by atoms with E-state index in [4.69, 9.17) is 5.84 Å². The minimum Gasteiger partial charge on any atom is -0.371 e. The van der Waals surface area contributed by atoms with Crippen molar-refractivity contribution >= 4 is 17.6 Å². The Morgan fingerprint density at radius 1 is 1.64 bits per heavy atom. The van der Waals surface area contributed by atoms with Crippen molar-refractivity contribution in [1.29, 1.82) is 0 Å². The maximum absolute atomic E-state index is 5.62. The van der Waals surface area contributed by atoms with Crippen LogP contribution in [-0.4, -0.2) is 16.9 Å². The summed E-state index contributed by atoms with van der Waals surface area (Å²) in [6, 6.07) is 0. The van der Waals surface area contributed by atoms with Crippen LogP contribution in [0, 0.1) is 0 Å². The van der Waals surface area contributed by atoms with Gasteiger partial charge in [0.15, 0.2) is 5.82 Å². The third-order valence-corrected chi connectivity index (χ3v) is 2.81. The molecule has 0 aromatic carbocycles. The molecule has 1 aliphatic heterocycles. The molecule has 0 radical (unpaired) electrons. The lowest BCUT2D eigenvalue weighted by atomic mass is 10.3. The number of hydrogen-bond donors (Lipinski definition) is 2. The van der Waals surface area contributed by atoms with Gasteiger partial charge in [-0.25, -0.2) is 0 Å². The Morgan fingerprint density at radius 2 is 2.45 bits per heavy atom. The maximum Gasteiger partial charge on any atom is 0.154 e. The van der Waals surface area contributed by atoms with E-state index in [-0.39, 0.29) is 0 Å². The molecule has 60 valence electrons. The number of nitrogens with one attached hydrogen (secondary N) is 1. The van der Waals surface area contributed by atoms with Gasteiger partial charge in [0.2, 0.25) is 0 Å². The molecule has 0 unspecified atom stereocenters. The number of nitrogen functional groups attached to an aromatic ring is 1. The van der Waals surface area contributed by atoms with E-state index in [9.17, 15) is 0 Å². The van der Waals surface area contributed by atoms with Gasteiger partial charge in [-0.05, 0) is 0 Å². The number of nitrogens with two attached hydrogens (primary N) is 1. The Balaban J connectivity index is 2.52. The van der Waals surface area contributed by atoms with Crippen LogP contribution in [-0.2, 0) is 11.5 Å². The second kappa shape index (κ2) is 2.34. The third kappa shape index (κ3) is 0.875. The fourth-order valence-corrected chi connectivity index (χ4v) is 2.37. The van der Waals surface area contributed by atoms with Gasteiger partial charge in [-0.15, -0.1) is 5.10 Å². The molecule has 2 rings (SSSR count). The third-order valence-electron chi connectivity index (χ3n) is 1.84. The molecule has 0 atom stereocenters. The summed E-state index contributed by atoms with van der Waals surface area (Å²) in [7, 11) is 1.87. The van der Waals surface area contributed by atoms with E-state index in [1.165, 1.54) is 10.4 Å². The molecular formula is C6H10N4S. The summed E-state index contributed by atoms with van der Waals surface area (Å²) in [5, 5.41) is 7.14. The smallest absolute Gasteiger partial charge is 0.154 e. The van der Waals surface area contributed by atoms with Gasteiger partial charge in [0.25, 0.3) is 0 Å². The lowest BCUT2D eigenvalue weighted by Crippen LogP contribution is -2.13. The second-order valence-electron chi connectivity index (χ2n) is 2.46. The highest BCUT2D eigenvalue weighted by Gasteiger charge is 2.20. The Kier molecular flexibility index (Phi) is 1.45. The summed E-state index contributed by atoms with van der Waals surface area (Å²) in [5.41, 5.74) is 2.42. The highest BCUT2D eigenvalue weighted by atomic mass is 32.2. The Bertz CT molecular complexity index is 280. The normalized spacial score (nSPS) is 15.0. The molecule has 11 heavy (non-hydrogen) atoms. The van der Waals surface area contributed by atoms with Crippen LogP contribution in [0.2, 0.25) is 0 Å². The predicted molar refractivity (Wildman–Crippen MR) is 46.9 cm³/mol. The lowest BCUT2D eigenvalue weighted by molar-refractivity contribution is 0.799. The Morgan fingerprint density at radius 3 is 3.18 bits per heavy atom. The topological polar surface area (TPSA) is 55.9 Å². The molecule has 1 aliphatic rings. The highest BCUT2D eigenvalue weighted by molar-refractivity contribution is 7.98. The zero-order valence-electron chi connectivity index (χ0n) is 6.29. The summed E-state index contributed by atoms with van der Waals surface area (Å²) in [6.45, 7) is 0. The van der Waals surface area contributed by atoms with Crippen LogP contribution in [0.1, 0.15) is 11.3 Å². The molecule has 5 heteroatoms. The van der Waals surface area contributed by atoms with Crippen LogP contribution in [0.5, 0.6) is 0 Å². The standard InChI is InChI=1S/C6H10N4S/c1-8-6-4-2-11-3-5(4)10(7)9-6/h2-3,7H2,1H3,(H,8,9). The van der Waals surface area contributed by atoms with Crippen molar-refractivity contribution in [2.45, 2.75) is 11.5 Å². The molecule has 0 amide bonds. The SMILES string of the molecule is CNc1nn(N)c2c1CSC2. The average Bonchev–Trinajstić information content (AvgIpc) is 2.54. The molecule has 4 nitrogen and oxygen atoms in total. The van der Waals surface area contributed by atoms with Crippen LogP contribution in [0.15, 0.2) is 0 Å². The molecule has 0 saturated heterocycles. The second-order valence-corrected chi connectivity index (χ2v) is 3.45. The number of anilines is 1. The quantitative estimate of drug-likeness (QED) is 0.598. The van der Waals surface area contributed by atoms with E-state index >= 15 is 0 Å². The van der Waals surface area contributed by atoms with Crippen LogP contribution in [0.4, 0.5) is 5.82 Å². The fraction of sp³-hybridized carbons (Fsp3) is 0.500. The van der Waals surface area contributed by atoms with Crippen molar-refractivity contribution in [2.75, 3.05) is 18.2 Å². The molecule has 0 fully saturated rings. The first-order valence-corrected chi connectivity index (χ1v) is 4.59. The minimum absolute atomic E-state index is 0.924. The average molecular weight is 170 g/mol. The lowest BCUT2D eigenvalue weighted by Gasteiger charge is -1.94. The van der Waals surface area contributed by atoms with Crippen molar-refractivity contribution in [2.24, 2.45) is 0 Å². The monoisotopic (exact) mass is 170 g/mol. The zero-order chi connectivity index (χ0) is 7.84. The van der Waals surface area contributed by atoms with Crippen LogP contribution in [0.25, 0.3) is 0 Å². The van der Waals surface area contributed by atoms with E-state index in [1.807, 2.05) is 18.8 Å². The van der Waals surface area contributed by atoms with E-state index in [0.717, 1.165) is 23.0 Å². The fourth-order valence-electron chi connectivity index (χ4n) is 1.26. The summed E-state index contributed by atoms with van der Waals surface area (Å²) in [4.78, 5) is 1.47. The molecule has 0 aliphatic carbocycles. The van der Waals surface area contributed by atoms with Gasteiger partial charge in [0.1, 0.15) is 0 Å². The number of fused-ring (bicyclic) bond motifs is 1. The molecule has 1 aromatic rings. The maximum atomic E-state index is 5.62. The van der Waals surface area contributed by atoms with Crippen molar-refractivity contribution < 1.29 is 0 Å². The first-order chi connectivity index (χ1) is 5.33. The largest absolute Gasteiger partial charge is 0.371 e. The summed E-state index contributed by atoms with van der Waals surface area (Å²) in [6.07, 6.45) is 0. The van der Waals surface area contributed by atoms with Crippen LogP contribution >= 0.6 is 11.8 Å². The Hall–Kier alpha value is -0.840. The van der Waals surface area contributed by atoms with Crippen molar-refractivity contribution in [3.05, 3.63) is 11.3 Å². The zero-order valence-corrected chi connectivity index (χ0v) is 7.11. The van der Waals surface area contributed by atoms with Gasteiger partial charge >= 0.3 is 0 Å². The number of thioether (sulfide) groups is 1. The van der Waals surface area contributed by atoms with Gasteiger partial charge in [-0.2, -0.15) is 16.6 Å². The molecule has 2 heterocycles. The van der Waals surface area contributed by atoms with E-state index in [0.29, 0.717) is 0 Å². The number of nitrogens with zero attached hydrogens (tertiary/aromatic N) is 2. The van der Waals surface area contributed by atoms with Crippen molar-refractivity contribution in [3.63, 3.8) is 0 Å². The first-order valence-electron chi connectivity index (χ1n) is 3.44. The van der Waals surface area contributed by atoms with Gasteiger partial charge in [0, 0.05) is 24.1 Å². The summed E-state index contributed by atoms with van der Waals surface area (Å²) >= 11 is 1.87. The van der Waals surface area contributed by atoms with Crippen LogP contribution in [0.3, 0.4) is 0 Å². The molecule has 0 spiro atoms. The molecule has 3 N–H and O–H groups in total. The number of aromatic nitrogens is 2. The molecular weight excluding hydrogens is 160 g/mol. The van der Waals surface area contributed by atoms with Crippen molar-refractivity contribution in [1.82, 2.24) is 9.89 Å². The summed E-state index contributed by atoms with van der Waals surface area (Å²) in [5.74, 6) is 8.56. The van der Waals surface area contributed by atoms with Crippen LogP contribution < -0.4 is 11.2 Å². The van der Waals surface area contributed by atoms with Gasteiger partial charge in [-0.1, -0.05) is 0 Å². The number of rotatable bonds is 1. The first kappa shape index (κ1) is 6.84. The van der Waals surface area contributed by atoms with E-state index in [2.05, 4.69) is 10.4 Å². The predicted octanol–water partition coefficient (Wildman–Crippen LogP) is 0.385. The van der Waals surface area contributed by atoms with Gasteiger partial charge in [0.05, 0.1) is 5.69 Å². The Labute approximate surface area is 69.1 Å². The minimum atomic E-state index is 0.924. The van der Waals surface area contributed by atoms with Gasteiger partial charge < -0.3 is 11.2 Å². The van der Waals surface area contributed by atoms with E-state index < -0.39 is 0 Å².